The molecule has 4 aromatic rings. The van der Waals surface area contributed by atoms with E-state index in [1.807, 2.05) is 54.7 Å². The molecule has 0 aliphatic rings. The van der Waals surface area contributed by atoms with Crippen LogP contribution in [0.2, 0.25) is 0 Å². The minimum Gasteiger partial charge on any atom is -0.506 e. The van der Waals surface area contributed by atoms with Crippen molar-refractivity contribution in [1.29, 1.82) is 0 Å². The van der Waals surface area contributed by atoms with Crippen LogP contribution >= 0.6 is 0 Å². The standard InChI is InChI=1S/C23H21N3O/c27-22-11-6-9-19-12-13-21(25-23(19)22)17-26(15-18-7-2-1-3-8-18)16-20-10-4-5-14-24-20/h1-14,27H,15-17H2. The lowest BCUT2D eigenvalue weighted by atomic mass is 10.1. The zero-order valence-corrected chi connectivity index (χ0v) is 15.0. The molecule has 4 rings (SSSR count). The van der Waals surface area contributed by atoms with Crippen LogP contribution in [-0.4, -0.2) is 20.0 Å². The molecule has 0 saturated carbocycles. The summed E-state index contributed by atoms with van der Waals surface area (Å²) in [7, 11) is 0. The Morgan fingerprint density at radius 2 is 1.52 bits per heavy atom. The lowest BCUT2D eigenvalue weighted by Gasteiger charge is -2.22. The topological polar surface area (TPSA) is 49.2 Å². The number of benzene rings is 2. The highest BCUT2D eigenvalue weighted by atomic mass is 16.3. The maximum atomic E-state index is 10.1. The molecule has 0 amide bonds. The number of aromatic hydroxyl groups is 1. The predicted octanol–water partition coefficient (Wildman–Crippen LogP) is 4.54. The first-order valence-electron chi connectivity index (χ1n) is 9.02. The van der Waals surface area contributed by atoms with Gasteiger partial charge in [0.15, 0.2) is 0 Å². The summed E-state index contributed by atoms with van der Waals surface area (Å²) in [6, 6.07) is 25.9. The van der Waals surface area contributed by atoms with Crippen molar-refractivity contribution >= 4 is 10.9 Å². The van der Waals surface area contributed by atoms with Crippen LogP contribution in [0.5, 0.6) is 5.75 Å². The molecule has 0 radical (unpaired) electrons. The molecule has 134 valence electrons. The van der Waals surface area contributed by atoms with Crippen LogP contribution in [0.1, 0.15) is 17.0 Å². The lowest BCUT2D eigenvalue weighted by molar-refractivity contribution is 0.242. The number of nitrogens with zero attached hydrogens (tertiary/aromatic N) is 3. The molecule has 0 fully saturated rings. The first-order chi connectivity index (χ1) is 13.3. The van der Waals surface area contributed by atoms with Crippen molar-refractivity contribution in [1.82, 2.24) is 14.9 Å². The van der Waals surface area contributed by atoms with Crippen LogP contribution < -0.4 is 0 Å². The summed E-state index contributed by atoms with van der Waals surface area (Å²) in [5.74, 6) is 0.216. The van der Waals surface area contributed by atoms with Crippen LogP contribution in [-0.2, 0) is 19.6 Å². The molecule has 0 aliphatic carbocycles. The number of hydrogen-bond acceptors (Lipinski definition) is 4. The molecule has 2 aromatic heterocycles. The second-order valence-corrected chi connectivity index (χ2v) is 6.60. The average Bonchev–Trinajstić information content (AvgIpc) is 2.70. The highest BCUT2D eigenvalue weighted by Crippen LogP contribution is 2.23. The fraction of sp³-hybridized carbons (Fsp3) is 0.130. The van der Waals surface area contributed by atoms with Crippen molar-refractivity contribution in [2.75, 3.05) is 0 Å². The fourth-order valence-electron chi connectivity index (χ4n) is 3.22. The summed E-state index contributed by atoms with van der Waals surface area (Å²) in [6.07, 6.45) is 1.82. The zero-order chi connectivity index (χ0) is 18.5. The minimum atomic E-state index is 0.216. The normalized spacial score (nSPS) is 11.1. The molecule has 1 N–H and O–H groups in total. The average molecular weight is 355 g/mol. The van der Waals surface area contributed by atoms with Gasteiger partial charge in [-0.2, -0.15) is 0 Å². The van der Waals surface area contributed by atoms with Gasteiger partial charge < -0.3 is 5.11 Å². The first-order valence-corrected chi connectivity index (χ1v) is 9.02. The zero-order valence-electron chi connectivity index (χ0n) is 15.0. The molecule has 4 nitrogen and oxygen atoms in total. The minimum absolute atomic E-state index is 0.216. The largest absolute Gasteiger partial charge is 0.506 e. The van der Waals surface area contributed by atoms with Crippen molar-refractivity contribution in [3.8, 4) is 5.75 Å². The number of para-hydroxylation sites is 1. The molecule has 0 aliphatic heterocycles. The summed E-state index contributed by atoms with van der Waals surface area (Å²) in [5.41, 5.74) is 3.84. The molecule has 0 atom stereocenters. The van der Waals surface area contributed by atoms with Crippen molar-refractivity contribution in [2.45, 2.75) is 19.6 Å². The van der Waals surface area contributed by atoms with E-state index in [-0.39, 0.29) is 5.75 Å². The van der Waals surface area contributed by atoms with Crippen LogP contribution in [0.4, 0.5) is 0 Å². The van der Waals surface area contributed by atoms with Gasteiger partial charge in [0, 0.05) is 31.2 Å². The third-order valence-corrected chi connectivity index (χ3v) is 4.50. The van der Waals surface area contributed by atoms with Gasteiger partial charge in [0.1, 0.15) is 11.3 Å². The molecule has 2 heterocycles. The van der Waals surface area contributed by atoms with Gasteiger partial charge in [0.05, 0.1) is 11.4 Å². The van der Waals surface area contributed by atoms with Crippen molar-refractivity contribution in [3.05, 3.63) is 102 Å². The molecule has 4 heteroatoms. The Morgan fingerprint density at radius 3 is 2.33 bits per heavy atom. The van der Waals surface area contributed by atoms with Crippen molar-refractivity contribution < 1.29 is 5.11 Å². The van der Waals surface area contributed by atoms with Gasteiger partial charge in [-0.05, 0) is 29.8 Å². The number of pyridine rings is 2. The van der Waals surface area contributed by atoms with E-state index in [1.165, 1.54) is 5.56 Å². The van der Waals surface area contributed by atoms with E-state index in [4.69, 9.17) is 0 Å². The number of phenols is 1. The maximum absolute atomic E-state index is 10.1. The molecule has 27 heavy (non-hydrogen) atoms. The van der Waals surface area contributed by atoms with E-state index in [0.29, 0.717) is 12.1 Å². The molecular weight excluding hydrogens is 334 g/mol. The Labute approximate surface area is 158 Å². The van der Waals surface area contributed by atoms with Gasteiger partial charge in [-0.1, -0.05) is 54.6 Å². The smallest absolute Gasteiger partial charge is 0.141 e. The first kappa shape index (κ1) is 17.2. The number of hydrogen-bond donors (Lipinski definition) is 1. The van der Waals surface area contributed by atoms with Gasteiger partial charge in [-0.25, -0.2) is 4.98 Å². The van der Waals surface area contributed by atoms with E-state index in [1.54, 1.807) is 6.07 Å². The second kappa shape index (κ2) is 7.98. The number of phenolic OH excluding ortho intramolecular Hbond substituents is 1. The number of rotatable bonds is 6. The molecular formula is C23H21N3O. The van der Waals surface area contributed by atoms with Gasteiger partial charge >= 0.3 is 0 Å². The third-order valence-electron chi connectivity index (χ3n) is 4.50. The number of aromatic nitrogens is 2. The van der Waals surface area contributed by atoms with E-state index < -0.39 is 0 Å². The van der Waals surface area contributed by atoms with Gasteiger partial charge in [-0.15, -0.1) is 0 Å². The Balaban J connectivity index is 1.61. The van der Waals surface area contributed by atoms with E-state index >= 15 is 0 Å². The molecule has 0 spiro atoms. The molecule has 0 bridgehead atoms. The predicted molar refractivity (Wildman–Crippen MR) is 107 cm³/mol. The van der Waals surface area contributed by atoms with Crippen LogP contribution in [0.25, 0.3) is 10.9 Å². The van der Waals surface area contributed by atoms with E-state index in [0.717, 1.165) is 29.9 Å². The quantitative estimate of drug-likeness (QED) is 0.552. The van der Waals surface area contributed by atoms with Crippen molar-refractivity contribution in [2.24, 2.45) is 0 Å². The Kier molecular flexibility index (Phi) is 5.08. The Morgan fingerprint density at radius 1 is 0.704 bits per heavy atom. The second-order valence-electron chi connectivity index (χ2n) is 6.60. The van der Waals surface area contributed by atoms with E-state index in [9.17, 15) is 5.11 Å². The van der Waals surface area contributed by atoms with Gasteiger partial charge in [-0.3, -0.25) is 9.88 Å². The highest BCUT2D eigenvalue weighted by Gasteiger charge is 2.11. The summed E-state index contributed by atoms with van der Waals surface area (Å²) < 4.78 is 0. The molecule has 0 unspecified atom stereocenters. The Bertz CT molecular complexity index is 978. The van der Waals surface area contributed by atoms with Crippen LogP contribution in [0, 0.1) is 0 Å². The summed E-state index contributed by atoms with van der Waals surface area (Å²) in [6.45, 7) is 2.21. The number of fused-ring (bicyclic) bond motifs is 1. The van der Waals surface area contributed by atoms with Gasteiger partial charge in [0.25, 0.3) is 0 Å². The summed E-state index contributed by atoms with van der Waals surface area (Å²) in [5, 5.41) is 11.1. The summed E-state index contributed by atoms with van der Waals surface area (Å²) >= 11 is 0. The highest BCUT2D eigenvalue weighted by molar-refractivity contribution is 5.84. The fourth-order valence-corrected chi connectivity index (χ4v) is 3.22. The molecule has 2 aromatic carbocycles. The monoisotopic (exact) mass is 355 g/mol. The van der Waals surface area contributed by atoms with Crippen LogP contribution in [0.15, 0.2) is 85.1 Å². The lowest BCUT2D eigenvalue weighted by Crippen LogP contribution is -2.23. The summed E-state index contributed by atoms with van der Waals surface area (Å²) in [4.78, 5) is 11.5. The molecule has 0 saturated heterocycles. The SMILES string of the molecule is Oc1cccc2ccc(CN(Cc3ccccc3)Cc3ccccn3)nc12. The van der Waals surface area contributed by atoms with Crippen molar-refractivity contribution in [3.63, 3.8) is 0 Å². The van der Waals surface area contributed by atoms with Gasteiger partial charge in [0.2, 0.25) is 0 Å². The third kappa shape index (κ3) is 4.30. The Hall–Kier alpha value is -3.24. The van der Waals surface area contributed by atoms with E-state index in [2.05, 4.69) is 39.1 Å². The maximum Gasteiger partial charge on any atom is 0.141 e. The van der Waals surface area contributed by atoms with Crippen LogP contribution in [0.3, 0.4) is 0 Å².